The van der Waals surface area contributed by atoms with Crippen LogP contribution in [0.3, 0.4) is 0 Å². The highest BCUT2D eigenvalue weighted by Crippen LogP contribution is 2.21. The molecular weight excluding hydrogens is 258 g/mol. The van der Waals surface area contributed by atoms with Gasteiger partial charge in [-0.25, -0.2) is 4.79 Å². The van der Waals surface area contributed by atoms with Crippen LogP contribution in [0.5, 0.6) is 0 Å². The molecule has 0 aliphatic rings. The number of hydrogen-bond donors (Lipinski definition) is 3. The second kappa shape index (κ2) is 4.63. The van der Waals surface area contributed by atoms with E-state index in [1.165, 1.54) is 0 Å². The van der Waals surface area contributed by atoms with Gasteiger partial charge >= 0.3 is 5.97 Å². The summed E-state index contributed by atoms with van der Waals surface area (Å²) in [6.07, 6.45) is 0. The molecule has 0 saturated heterocycles. The van der Waals surface area contributed by atoms with Gasteiger partial charge in [-0.1, -0.05) is 15.9 Å². The summed E-state index contributed by atoms with van der Waals surface area (Å²) in [4.78, 5) is 31.0. The van der Waals surface area contributed by atoms with Crippen molar-refractivity contribution in [3.05, 3.63) is 0 Å². The first-order valence-electron chi connectivity index (χ1n) is 3.62. The molecule has 0 aliphatic heterocycles. The fourth-order valence-electron chi connectivity index (χ4n) is 0.774. The van der Waals surface area contributed by atoms with E-state index >= 15 is 0 Å². The van der Waals surface area contributed by atoms with Gasteiger partial charge in [0.15, 0.2) is 11.6 Å². The molecule has 0 radical (unpaired) electrons. The molecule has 7 heteroatoms. The summed E-state index contributed by atoms with van der Waals surface area (Å²) in [5.74, 6) is -3.58. The monoisotopic (exact) mass is 267 g/mol. The topological polar surface area (TPSA) is 118 Å². The summed E-state index contributed by atoms with van der Waals surface area (Å²) in [6, 6.07) is 0. The molecule has 0 rings (SSSR count). The molecule has 0 spiro atoms. The molecule has 0 saturated carbocycles. The molecular formula is C7H10BrNO5. The number of carboxylic acid groups (broad SMARTS) is 1. The normalized spacial score (nSPS) is 16.9. The molecule has 0 bridgehead atoms. The highest BCUT2D eigenvalue weighted by atomic mass is 79.9. The number of ketones is 2. The lowest BCUT2D eigenvalue weighted by Gasteiger charge is -2.24. The van der Waals surface area contributed by atoms with Crippen LogP contribution in [0.15, 0.2) is 0 Å². The van der Waals surface area contributed by atoms with Crippen LogP contribution in [0.1, 0.15) is 6.92 Å². The van der Waals surface area contributed by atoms with Crippen LogP contribution < -0.4 is 5.73 Å². The Morgan fingerprint density at radius 2 is 1.93 bits per heavy atom. The van der Waals surface area contributed by atoms with Gasteiger partial charge in [-0.3, -0.25) is 9.59 Å². The summed E-state index contributed by atoms with van der Waals surface area (Å²) in [5, 5.41) is 18.1. The van der Waals surface area contributed by atoms with E-state index in [4.69, 9.17) is 10.8 Å². The fourth-order valence-corrected chi connectivity index (χ4v) is 1.48. The summed E-state index contributed by atoms with van der Waals surface area (Å²) in [5.41, 5.74) is 2.22. The van der Waals surface area contributed by atoms with E-state index in [0.29, 0.717) is 0 Å². The van der Waals surface area contributed by atoms with Crippen LogP contribution in [0.2, 0.25) is 0 Å². The molecule has 80 valence electrons. The molecule has 0 heterocycles. The minimum atomic E-state index is -2.75. The summed E-state index contributed by atoms with van der Waals surface area (Å²) in [7, 11) is 0. The molecule has 4 N–H and O–H groups in total. The van der Waals surface area contributed by atoms with Crippen LogP contribution in [0.4, 0.5) is 0 Å². The Balaban J connectivity index is 5.12. The van der Waals surface area contributed by atoms with Gasteiger partial charge in [0.1, 0.15) is 4.83 Å². The van der Waals surface area contributed by atoms with Gasteiger partial charge in [-0.15, -0.1) is 0 Å². The smallest absolute Gasteiger partial charge is 0.345 e. The molecule has 14 heavy (non-hydrogen) atoms. The standard InChI is InChI=1S/C7H10BrNO5/c1-3(10)7(14,6(12)13)5(8)4(11)2-9/h5,14H,2,9H2,1H3,(H,12,13). The quantitative estimate of drug-likeness (QED) is 0.420. The number of halogens is 1. The molecule has 0 aromatic heterocycles. The van der Waals surface area contributed by atoms with Crippen molar-refractivity contribution in [1.82, 2.24) is 0 Å². The third-order valence-corrected chi connectivity index (χ3v) is 2.89. The maximum Gasteiger partial charge on any atom is 0.345 e. The molecule has 0 aromatic rings. The molecule has 2 atom stereocenters. The van der Waals surface area contributed by atoms with Crippen LogP contribution >= 0.6 is 15.9 Å². The van der Waals surface area contributed by atoms with E-state index in [0.717, 1.165) is 6.92 Å². The molecule has 0 aromatic carbocycles. The molecule has 0 fully saturated rings. The van der Waals surface area contributed by atoms with E-state index in [9.17, 15) is 19.5 Å². The number of rotatable bonds is 5. The number of carbonyl (C=O) groups excluding carboxylic acids is 2. The van der Waals surface area contributed by atoms with E-state index in [2.05, 4.69) is 15.9 Å². The van der Waals surface area contributed by atoms with Crippen molar-refractivity contribution in [1.29, 1.82) is 0 Å². The Labute approximate surface area is 88.2 Å². The van der Waals surface area contributed by atoms with Gasteiger partial charge in [0.05, 0.1) is 6.54 Å². The third-order valence-electron chi connectivity index (χ3n) is 1.71. The number of aliphatic carboxylic acids is 1. The van der Waals surface area contributed by atoms with Gasteiger partial charge in [-0.2, -0.15) is 0 Å². The van der Waals surface area contributed by atoms with Crippen molar-refractivity contribution < 1.29 is 24.6 Å². The Hall–Kier alpha value is -0.790. The number of Topliss-reactive ketones (excluding diaryl/α,β-unsaturated/α-hetero) is 2. The molecule has 0 amide bonds. The Morgan fingerprint density at radius 3 is 2.14 bits per heavy atom. The summed E-state index contributed by atoms with van der Waals surface area (Å²) < 4.78 is 0. The fraction of sp³-hybridized carbons (Fsp3) is 0.571. The predicted octanol–water partition coefficient (Wildman–Crippen LogP) is -1.32. The van der Waals surface area contributed by atoms with Crippen molar-refractivity contribution in [3.63, 3.8) is 0 Å². The lowest BCUT2D eigenvalue weighted by molar-refractivity contribution is -0.165. The molecule has 0 aliphatic carbocycles. The SMILES string of the molecule is CC(=O)C(O)(C(=O)O)C(Br)C(=O)CN. The Bertz CT molecular complexity index is 263. The van der Waals surface area contributed by atoms with E-state index in [1.807, 2.05) is 0 Å². The van der Waals surface area contributed by atoms with E-state index in [-0.39, 0.29) is 0 Å². The van der Waals surface area contributed by atoms with Gasteiger partial charge < -0.3 is 15.9 Å². The maximum atomic E-state index is 11.0. The maximum absolute atomic E-state index is 11.0. The number of alkyl halides is 1. The lowest BCUT2D eigenvalue weighted by Crippen LogP contribution is -2.56. The number of aliphatic hydroxyl groups is 1. The van der Waals surface area contributed by atoms with Crippen LogP contribution in [-0.2, 0) is 14.4 Å². The van der Waals surface area contributed by atoms with Crippen LogP contribution in [0.25, 0.3) is 0 Å². The minimum absolute atomic E-state index is 0.460. The van der Waals surface area contributed by atoms with E-state index in [1.54, 1.807) is 0 Å². The Morgan fingerprint density at radius 1 is 1.50 bits per heavy atom. The van der Waals surface area contributed by atoms with Crippen molar-refractivity contribution in [2.45, 2.75) is 17.4 Å². The summed E-state index contributed by atoms with van der Waals surface area (Å²) >= 11 is 2.65. The van der Waals surface area contributed by atoms with Crippen LogP contribution in [0, 0.1) is 0 Å². The average molecular weight is 268 g/mol. The molecule has 6 nitrogen and oxygen atoms in total. The van der Waals surface area contributed by atoms with Gasteiger partial charge in [0.2, 0.25) is 5.60 Å². The van der Waals surface area contributed by atoms with Crippen molar-refractivity contribution in [2.24, 2.45) is 5.73 Å². The first-order valence-corrected chi connectivity index (χ1v) is 4.53. The zero-order valence-corrected chi connectivity index (χ0v) is 8.94. The second-order valence-corrected chi connectivity index (χ2v) is 3.58. The largest absolute Gasteiger partial charge is 0.479 e. The predicted molar refractivity (Wildman–Crippen MR) is 50.0 cm³/mol. The van der Waals surface area contributed by atoms with Gasteiger partial charge in [0.25, 0.3) is 0 Å². The number of hydrogen-bond acceptors (Lipinski definition) is 5. The molecule has 2 unspecified atom stereocenters. The van der Waals surface area contributed by atoms with Crippen molar-refractivity contribution >= 4 is 33.5 Å². The number of carboxylic acids is 1. The minimum Gasteiger partial charge on any atom is -0.479 e. The first-order chi connectivity index (χ1) is 6.28. The highest BCUT2D eigenvalue weighted by Gasteiger charge is 2.50. The summed E-state index contributed by atoms with van der Waals surface area (Å²) in [6.45, 7) is 0.422. The number of nitrogens with two attached hydrogens (primary N) is 1. The van der Waals surface area contributed by atoms with Crippen LogP contribution in [-0.4, -0.2) is 44.7 Å². The average Bonchev–Trinajstić information content (AvgIpc) is 2.13. The van der Waals surface area contributed by atoms with Gasteiger partial charge in [0, 0.05) is 0 Å². The van der Waals surface area contributed by atoms with Gasteiger partial charge in [-0.05, 0) is 6.92 Å². The Kier molecular flexibility index (Phi) is 4.37. The zero-order chi connectivity index (χ0) is 11.5. The van der Waals surface area contributed by atoms with Crippen molar-refractivity contribution in [3.8, 4) is 0 Å². The second-order valence-electron chi connectivity index (χ2n) is 2.66. The zero-order valence-electron chi connectivity index (χ0n) is 7.36. The number of carbonyl (C=O) groups is 3. The lowest BCUT2D eigenvalue weighted by atomic mass is 9.93. The third kappa shape index (κ3) is 2.17. The van der Waals surface area contributed by atoms with Crippen molar-refractivity contribution in [2.75, 3.05) is 6.54 Å². The van der Waals surface area contributed by atoms with E-state index < -0.39 is 34.5 Å². The first kappa shape index (κ1) is 13.2. The highest BCUT2D eigenvalue weighted by molar-refractivity contribution is 9.10.